The van der Waals surface area contributed by atoms with Gasteiger partial charge in [0, 0.05) is 36.9 Å². The van der Waals surface area contributed by atoms with Crippen molar-refractivity contribution in [3.8, 4) is 0 Å². The molecule has 0 unspecified atom stereocenters. The summed E-state index contributed by atoms with van der Waals surface area (Å²) in [6.45, 7) is 6.60. The van der Waals surface area contributed by atoms with E-state index in [1.54, 1.807) is 11.0 Å². The van der Waals surface area contributed by atoms with Gasteiger partial charge in [0.15, 0.2) is 5.82 Å². The zero-order valence-electron chi connectivity index (χ0n) is 13.8. The van der Waals surface area contributed by atoms with Crippen molar-refractivity contribution in [1.29, 1.82) is 0 Å². The van der Waals surface area contributed by atoms with Crippen molar-refractivity contribution in [3.05, 3.63) is 46.6 Å². The predicted octanol–water partition coefficient (Wildman–Crippen LogP) is 3.10. The van der Waals surface area contributed by atoms with E-state index in [1.165, 1.54) is 0 Å². The van der Waals surface area contributed by atoms with Crippen LogP contribution >= 0.6 is 11.6 Å². The summed E-state index contributed by atoms with van der Waals surface area (Å²) in [5.74, 6) is 0.853. The molecule has 1 aliphatic rings. The average molecular weight is 346 g/mol. The zero-order valence-corrected chi connectivity index (χ0v) is 14.5. The maximum atomic E-state index is 12.4. The highest BCUT2D eigenvalue weighted by Crippen LogP contribution is 2.20. The molecule has 0 radical (unpaired) electrons. The molecule has 2 aromatic rings. The van der Waals surface area contributed by atoms with Crippen LogP contribution in [0.25, 0.3) is 0 Å². The summed E-state index contributed by atoms with van der Waals surface area (Å²) in [7, 11) is 0. The number of hydrogen-bond acceptors (Lipinski definition) is 4. The van der Waals surface area contributed by atoms with Crippen LogP contribution in [0.4, 0.5) is 16.3 Å². The Bertz CT molecular complexity index is 726. The molecule has 1 aromatic heterocycles. The summed E-state index contributed by atoms with van der Waals surface area (Å²) in [4.78, 5) is 16.3. The number of rotatable bonds is 2. The number of hydrogen-bond donors (Lipinski definition) is 1. The minimum absolute atomic E-state index is 0.107. The highest BCUT2D eigenvalue weighted by atomic mass is 35.5. The molecule has 1 saturated heterocycles. The van der Waals surface area contributed by atoms with E-state index in [-0.39, 0.29) is 6.03 Å². The highest BCUT2D eigenvalue weighted by Gasteiger charge is 2.22. The molecule has 0 spiro atoms. The van der Waals surface area contributed by atoms with Gasteiger partial charge in [-0.1, -0.05) is 17.7 Å². The van der Waals surface area contributed by atoms with Gasteiger partial charge >= 0.3 is 6.03 Å². The van der Waals surface area contributed by atoms with Crippen LogP contribution in [0.1, 0.15) is 11.3 Å². The first-order valence-electron chi connectivity index (χ1n) is 7.90. The molecule has 1 N–H and O–H groups in total. The van der Waals surface area contributed by atoms with Crippen molar-refractivity contribution in [3.63, 3.8) is 0 Å². The summed E-state index contributed by atoms with van der Waals surface area (Å²) < 4.78 is 0. The molecule has 0 atom stereocenters. The third-order valence-corrected chi connectivity index (χ3v) is 4.50. The van der Waals surface area contributed by atoms with Gasteiger partial charge in [0.05, 0.1) is 5.69 Å². The van der Waals surface area contributed by atoms with Crippen molar-refractivity contribution in [2.75, 3.05) is 36.4 Å². The minimum atomic E-state index is -0.107. The summed E-state index contributed by atoms with van der Waals surface area (Å²) in [5.41, 5.74) is 2.60. The first-order chi connectivity index (χ1) is 11.5. The van der Waals surface area contributed by atoms with Crippen LogP contribution in [-0.2, 0) is 0 Å². The smallest absolute Gasteiger partial charge is 0.321 e. The van der Waals surface area contributed by atoms with Gasteiger partial charge in [0.1, 0.15) is 0 Å². The first-order valence-corrected chi connectivity index (χ1v) is 8.28. The SMILES string of the molecule is Cc1ccc(N2CCN(C(=O)Nc3ccc(C)c(Cl)c3)CC2)nn1. The lowest BCUT2D eigenvalue weighted by molar-refractivity contribution is 0.208. The number of urea groups is 1. The number of piperazine rings is 1. The predicted molar refractivity (Wildman–Crippen MR) is 95.8 cm³/mol. The fraction of sp³-hybridized carbons (Fsp3) is 0.353. The monoisotopic (exact) mass is 345 g/mol. The largest absolute Gasteiger partial charge is 0.352 e. The number of benzene rings is 1. The van der Waals surface area contributed by atoms with Crippen LogP contribution in [0, 0.1) is 13.8 Å². The van der Waals surface area contributed by atoms with Gasteiger partial charge in [-0.25, -0.2) is 4.79 Å². The fourth-order valence-corrected chi connectivity index (χ4v) is 2.75. The van der Waals surface area contributed by atoms with E-state index in [4.69, 9.17) is 11.6 Å². The lowest BCUT2D eigenvalue weighted by Gasteiger charge is -2.35. The standard InChI is InChI=1S/C17H20ClN5O/c1-12-3-5-14(11-15(12)18)19-17(24)23-9-7-22(8-10-23)16-6-4-13(2)20-21-16/h3-6,11H,7-10H2,1-2H3,(H,19,24). The molecule has 0 aliphatic carbocycles. The molecular weight excluding hydrogens is 326 g/mol. The third-order valence-electron chi connectivity index (χ3n) is 4.10. The number of nitrogens with zero attached hydrogens (tertiary/aromatic N) is 4. The Kier molecular flexibility index (Phi) is 4.85. The maximum absolute atomic E-state index is 12.4. The van der Waals surface area contributed by atoms with Gasteiger partial charge in [0.2, 0.25) is 0 Å². The maximum Gasteiger partial charge on any atom is 0.321 e. The van der Waals surface area contributed by atoms with Crippen molar-refractivity contribution >= 4 is 29.1 Å². The molecule has 7 heteroatoms. The van der Waals surface area contributed by atoms with E-state index in [0.29, 0.717) is 23.8 Å². The Balaban J connectivity index is 1.56. The van der Waals surface area contributed by atoms with Crippen molar-refractivity contribution in [1.82, 2.24) is 15.1 Å². The zero-order chi connectivity index (χ0) is 17.1. The Morgan fingerprint density at radius 2 is 1.83 bits per heavy atom. The number of aromatic nitrogens is 2. The fourth-order valence-electron chi connectivity index (χ4n) is 2.57. The Labute approximate surface area is 146 Å². The topological polar surface area (TPSA) is 61.4 Å². The van der Waals surface area contributed by atoms with Crippen LogP contribution < -0.4 is 10.2 Å². The third kappa shape index (κ3) is 3.76. The summed E-state index contributed by atoms with van der Waals surface area (Å²) in [6.07, 6.45) is 0. The van der Waals surface area contributed by atoms with Gasteiger partial charge in [-0.05, 0) is 43.7 Å². The molecule has 24 heavy (non-hydrogen) atoms. The molecular formula is C17H20ClN5O. The van der Waals surface area contributed by atoms with E-state index in [9.17, 15) is 4.79 Å². The second-order valence-electron chi connectivity index (χ2n) is 5.90. The Morgan fingerprint density at radius 3 is 2.46 bits per heavy atom. The quantitative estimate of drug-likeness (QED) is 0.908. The average Bonchev–Trinajstić information content (AvgIpc) is 2.59. The molecule has 0 bridgehead atoms. The van der Waals surface area contributed by atoms with Crippen molar-refractivity contribution < 1.29 is 4.79 Å². The first kappa shape index (κ1) is 16.5. The number of halogens is 1. The van der Waals surface area contributed by atoms with Gasteiger partial charge < -0.3 is 15.1 Å². The van der Waals surface area contributed by atoms with E-state index < -0.39 is 0 Å². The molecule has 1 aromatic carbocycles. The summed E-state index contributed by atoms with van der Waals surface area (Å²) in [6, 6.07) is 9.33. The second-order valence-corrected chi connectivity index (χ2v) is 6.31. The van der Waals surface area contributed by atoms with Crippen LogP contribution in [0.2, 0.25) is 5.02 Å². The Morgan fingerprint density at radius 1 is 1.08 bits per heavy atom. The summed E-state index contributed by atoms with van der Waals surface area (Å²) >= 11 is 6.10. The summed E-state index contributed by atoms with van der Waals surface area (Å²) in [5, 5.41) is 11.8. The van der Waals surface area contributed by atoms with E-state index in [0.717, 1.165) is 30.2 Å². The number of aryl methyl sites for hydroxylation is 2. The molecule has 126 valence electrons. The second kappa shape index (κ2) is 7.05. The highest BCUT2D eigenvalue weighted by molar-refractivity contribution is 6.31. The molecule has 2 amide bonds. The molecule has 3 rings (SSSR count). The molecule has 6 nitrogen and oxygen atoms in total. The molecule has 2 heterocycles. The number of anilines is 2. The van der Waals surface area contributed by atoms with Crippen LogP contribution in [0.15, 0.2) is 30.3 Å². The minimum Gasteiger partial charge on any atom is -0.352 e. The van der Waals surface area contributed by atoms with Gasteiger partial charge in [-0.3, -0.25) is 0 Å². The molecule has 1 fully saturated rings. The van der Waals surface area contributed by atoms with Crippen LogP contribution in [0.5, 0.6) is 0 Å². The van der Waals surface area contributed by atoms with Crippen molar-refractivity contribution in [2.24, 2.45) is 0 Å². The number of amides is 2. The number of nitrogens with one attached hydrogen (secondary N) is 1. The normalized spacial score (nSPS) is 14.6. The van der Waals surface area contributed by atoms with Gasteiger partial charge in [0.25, 0.3) is 0 Å². The lowest BCUT2D eigenvalue weighted by Crippen LogP contribution is -2.50. The lowest BCUT2D eigenvalue weighted by atomic mass is 10.2. The van der Waals surface area contributed by atoms with Crippen LogP contribution in [-0.4, -0.2) is 47.3 Å². The van der Waals surface area contributed by atoms with Gasteiger partial charge in [-0.2, -0.15) is 5.10 Å². The van der Waals surface area contributed by atoms with E-state index >= 15 is 0 Å². The van der Waals surface area contributed by atoms with Crippen molar-refractivity contribution in [2.45, 2.75) is 13.8 Å². The van der Waals surface area contributed by atoms with Gasteiger partial charge in [-0.15, -0.1) is 5.10 Å². The Hall–Kier alpha value is -2.34. The number of carbonyl (C=O) groups is 1. The van der Waals surface area contributed by atoms with Crippen LogP contribution in [0.3, 0.4) is 0 Å². The molecule has 0 saturated carbocycles. The molecule has 1 aliphatic heterocycles. The van der Waals surface area contributed by atoms with E-state index in [1.807, 2.05) is 38.1 Å². The number of carbonyl (C=O) groups excluding carboxylic acids is 1. The van der Waals surface area contributed by atoms with E-state index in [2.05, 4.69) is 20.4 Å².